The number of hydrogen-bond donors (Lipinski definition) is 1. The second kappa shape index (κ2) is 5.48. The molecule has 0 unspecified atom stereocenters. The summed E-state index contributed by atoms with van der Waals surface area (Å²) in [5, 5.41) is 5.63. The predicted molar refractivity (Wildman–Crippen MR) is 88.7 cm³/mol. The van der Waals surface area contributed by atoms with Crippen LogP contribution in [-0.2, 0) is 24.1 Å². The fraction of sp³-hybridized carbons (Fsp3) is 0.400. The molecule has 1 atom stereocenters. The van der Waals surface area contributed by atoms with E-state index in [0.29, 0.717) is 0 Å². The lowest BCUT2D eigenvalue weighted by Crippen LogP contribution is -2.14. The van der Waals surface area contributed by atoms with Crippen molar-refractivity contribution >= 4 is 38.7 Å². The lowest BCUT2D eigenvalue weighted by molar-refractivity contribution is -0.115. The van der Waals surface area contributed by atoms with Crippen molar-refractivity contribution in [3.05, 3.63) is 34.0 Å². The number of fused-ring (bicyclic) bond motifs is 2. The van der Waals surface area contributed by atoms with E-state index in [0.717, 1.165) is 34.5 Å². The molecule has 22 heavy (non-hydrogen) atoms. The van der Waals surface area contributed by atoms with Crippen LogP contribution in [0.5, 0.6) is 0 Å². The van der Waals surface area contributed by atoms with Gasteiger partial charge < -0.3 is 5.32 Å². The number of aromatic nitrogens is 3. The van der Waals surface area contributed by atoms with Gasteiger partial charge in [-0.3, -0.25) is 9.20 Å². The van der Waals surface area contributed by atoms with Crippen LogP contribution in [0.1, 0.15) is 29.6 Å². The highest BCUT2D eigenvalue weighted by atomic mass is 32.1. The molecule has 4 rings (SSSR count). The van der Waals surface area contributed by atoms with Crippen molar-refractivity contribution in [2.24, 2.45) is 5.92 Å². The molecule has 1 aliphatic carbocycles. The van der Waals surface area contributed by atoms with Gasteiger partial charge in [-0.05, 0) is 25.2 Å². The van der Waals surface area contributed by atoms with Crippen LogP contribution in [0.15, 0.2) is 17.8 Å². The van der Waals surface area contributed by atoms with Crippen LogP contribution in [0.2, 0.25) is 0 Å². The van der Waals surface area contributed by atoms with Crippen LogP contribution in [0, 0.1) is 5.92 Å². The zero-order valence-corrected chi connectivity index (χ0v) is 13.8. The molecule has 0 saturated carbocycles. The molecule has 3 aromatic rings. The van der Waals surface area contributed by atoms with Crippen LogP contribution in [0.4, 0.5) is 5.13 Å². The Morgan fingerprint density at radius 3 is 3.27 bits per heavy atom. The molecule has 0 saturated heterocycles. The molecule has 0 radical (unpaired) electrons. The number of nitrogens with one attached hydrogen (secondary N) is 1. The van der Waals surface area contributed by atoms with E-state index in [1.54, 1.807) is 22.7 Å². The highest BCUT2D eigenvalue weighted by Gasteiger charge is 2.20. The molecule has 0 spiro atoms. The Bertz CT molecular complexity index is 803. The third-order valence-corrected chi connectivity index (χ3v) is 5.72. The van der Waals surface area contributed by atoms with Gasteiger partial charge in [-0.2, -0.15) is 0 Å². The second-order valence-corrected chi connectivity index (χ2v) is 7.74. The minimum absolute atomic E-state index is 0.0510. The SMILES string of the molecule is C[C@H]1CCc2nc(NC(=O)Cc3cn4ccsc4n3)sc2C1. The second-order valence-electron chi connectivity index (χ2n) is 5.79. The molecule has 1 N–H and O–H groups in total. The number of rotatable bonds is 3. The zero-order valence-electron chi connectivity index (χ0n) is 12.2. The number of carbonyl (C=O) groups excluding carboxylic acids is 1. The van der Waals surface area contributed by atoms with Gasteiger partial charge >= 0.3 is 0 Å². The average Bonchev–Trinajstić information content (AvgIpc) is 3.11. The first kappa shape index (κ1) is 13.9. The quantitative estimate of drug-likeness (QED) is 0.801. The predicted octanol–water partition coefficient (Wildman–Crippen LogP) is 3.16. The van der Waals surface area contributed by atoms with E-state index in [1.807, 2.05) is 22.2 Å². The Labute approximate surface area is 136 Å². The number of carbonyl (C=O) groups is 1. The van der Waals surface area contributed by atoms with Gasteiger partial charge in [0.2, 0.25) is 5.91 Å². The normalized spacial score (nSPS) is 17.6. The molecule has 0 aromatic carbocycles. The van der Waals surface area contributed by atoms with Crippen molar-refractivity contribution < 1.29 is 4.79 Å². The van der Waals surface area contributed by atoms with Gasteiger partial charge in [0.15, 0.2) is 10.1 Å². The summed E-state index contributed by atoms with van der Waals surface area (Å²) in [6.07, 6.45) is 7.44. The largest absolute Gasteiger partial charge is 0.302 e. The van der Waals surface area contributed by atoms with Gasteiger partial charge in [-0.15, -0.1) is 22.7 Å². The summed E-state index contributed by atoms with van der Waals surface area (Å²) in [6.45, 7) is 2.27. The molecule has 3 heterocycles. The average molecular weight is 332 g/mol. The van der Waals surface area contributed by atoms with Crippen molar-refractivity contribution in [1.82, 2.24) is 14.4 Å². The number of imidazole rings is 1. The summed E-state index contributed by atoms with van der Waals surface area (Å²) in [7, 11) is 0. The zero-order chi connectivity index (χ0) is 15.1. The summed E-state index contributed by atoms with van der Waals surface area (Å²) in [6, 6.07) is 0. The number of aryl methyl sites for hydroxylation is 1. The van der Waals surface area contributed by atoms with Crippen LogP contribution in [0.25, 0.3) is 4.96 Å². The standard InChI is InChI=1S/C15H16N4OS2/c1-9-2-3-11-12(6-9)22-14(17-11)18-13(20)7-10-8-19-4-5-21-15(19)16-10/h4-5,8-9H,2-3,6-7H2,1H3,(H,17,18,20)/t9-/m0/s1. The molecular weight excluding hydrogens is 316 g/mol. The third kappa shape index (κ3) is 2.66. The van der Waals surface area contributed by atoms with Crippen molar-refractivity contribution in [1.29, 1.82) is 0 Å². The fourth-order valence-electron chi connectivity index (χ4n) is 2.78. The smallest absolute Gasteiger partial charge is 0.232 e. The summed E-state index contributed by atoms with van der Waals surface area (Å²) >= 11 is 3.19. The highest BCUT2D eigenvalue weighted by molar-refractivity contribution is 7.16. The lowest BCUT2D eigenvalue weighted by atomic mass is 9.93. The summed E-state index contributed by atoms with van der Waals surface area (Å²) < 4.78 is 1.94. The van der Waals surface area contributed by atoms with Crippen molar-refractivity contribution in [2.45, 2.75) is 32.6 Å². The van der Waals surface area contributed by atoms with Crippen molar-refractivity contribution in [2.75, 3.05) is 5.32 Å². The topological polar surface area (TPSA) is 59.3 Å². The first-order valence-corrected chi connectivity index (χ1v) is 9.06. The van der Waals surface area contributed by atoms with E-state index >= 15 is 0 Å². The molecular formula is C15H16N4OS2. The highest BCUT2D eigenvalue weighted by Crippen LogP contribution is 2.32. The van der Waals surface area contributed by atoms with E-state index in [-0.39, 0.29) is 12.3 Å². The third-order valence-electron chi connectivity index (χ3n) is 3.92. The first-order valence-electron chi connectivity index (χ1n) is 7.37. The van der Waals surface area contributed by atoms with Crippen LogP contribution >= 0.6 is 22.7 Å². The molecule has 5 nitrogen and oxygen atoms in total. The van der Waals surface area contributed by atoms with Crippen molar-refractivity contribution in [3.8, 4) is 0 Å². The summed E-state index contributed by atoms with van der Waals surface area (Å²) in [5.74, 6) is 0.667. The Kier molecular flexibility index (Phi) is 3.46. The van der Waals surface area contributed by atoms with Gasteiger partial charge in [0.25, 0.3) is 0 Å². The number of hydrogen-bond acceptors (Lipinski definition) is 5. The number of anilines is 1. The van der Waals surface area contributed by atoms with Gasteiger partial charge in [0.1, 0.15) is 0 Å². The van der Waals surface area contributed by atoms with E-state index in [1.165, 1.54) is 17.0 Å². The molecule has 1 aliphatic rings. The number of amides is 1. The van der Waals surface area contributed by atoms with Gasteiger partial charge in [-0.1, -0.05) is 6.92 Å². The fourth-order valence-corrected chi connectivity index (χ4v) is 4.69. The molecule has 0 fully saturated rings. The monoisotopic (exact) mass is 332 g/mol. The Hall–Kier alpha value is -1.73. The Balaban J connectivity index is 1.44. The van der Waals surface area contributed by atoms with Crippen LogP contribution in [0.3, 0.4) is 0 Å². The summed E-state index contributed by atoms with van der Waals surface area (Å²) in [4.78, 5) is 23.4. The molecule has 1 amide bonds. The Morgan fingerprint density at radius 2 is 2.41 bits per heavy atom. The maximum absolute atomic E-state index is 12.2. The molecule has 7 heteroatoms. The van der Waals surface area contributed by atoms with Crippen LogP contribution < -0.4 is 5.32 Å². The van der Waals surface area contributed by atoms with Gasteiger partial charge in [-0.25, -0.2) is 9.97 Å². The van der Waals surface area contributed by atoms with E-state index in [9.17, 15) is 4.79 Å². The van der Waals surface area contributed by atoms with Crippen LogP contribution in [-0.4, -0.2) is 20.3 Å². The van der Waals surface area contributed by atoms with E-state index in [4.69, 9.17) is 0 Å². The molecule has 3 aromatic heterocycles. The summed E-state index contributed by atoms with van der Waals surface area (Å²) in [5.41, 5.74) is 1.96. The molecule has 0 aliphatic heterocycles. The van der Waals surface area contributed by atoms with E-state index in [2.05, 4.69) is 22.2 Å². The minimum atomic E-state index is -0.0510. The maximum Gasteiger partial charge on any atom is 0.232 e. The van der Waals surface area contributed by atoms with Crippen molar-refractivity contribution in [3.63, 3.8) is 0 Å². The minimum Gasteiger partial charge on any atom is -0.302 e. The van der Waals surface area contributed by atoms with Gasteiger partial charge in [0.05, 0.1) is 17.8 Å². The Morgan fingerprint density at radius 1 is 1.50 bits per heavy atom. The number of thiazole rings is 2. The molecule has 114 valence electrons. The van der Waals surface area contributed by atoms with Gasteiger partial charge in [0, 0.05) is 22.7 Å². The molecule has 0 bridgehead atoms. The van der Waals surface area contributed by atoms with E-state index < -0.39 is 0 Å². The first-order chi connectivity index (χ1) is 10.7. The maximum atomic E-state index is 12.2. The number of nitrogens with zero attached hydrogens (tertiary/aromatic N) is 3. The lowest BCUT2D eigenvalue weighted by Gasteiger charge is -2.15.